The van der Waals surface area contributed by atoms with Crippen LogP contribution in [0.3, 0.4) is 0 Å². The van der Waals surface area contributed by atoms with Gasteiger partial charge >= 0.3 is 6.09 Å². The monoisotopic (exact) mass is 482 g/mol. The highest BCUT2D eigenvalue weighted by Gasteiger charge is 2.31. The molecule has 2 aromatic rings. The maximum Gasteiger partial charge on any atom is 0.412 e. The number of benzene rings is 1. The fourth-order valence-corrected chi connectivity index (χ4v) is 3.90. The van der Waals surface area contributed by atoms with Crippen LogP contribution in [0.1, 0.15) is 58.5 Å². The fourth-order valence-electron chi connectivity index (χ4n) is 3.90. The van der Waals surface area contributed by atoms with Crippen LogP contribution in [0.25, 0.3) is 0 Å². The molecule has 188 valence electrons. The Kier molecular flexibility index (Phi) is 8.26. The number of alkyl carbamates (subject to hydrolysis) is 1. The number of carbonyl (C=O) groups excluding carboxylic acids is 2. The molecule has 1 aliphatic rings. The van der Waals surface area contributed by atoms with Gasteiger partial charge in [0.05, 0.1) is 18.2 Å². The molecule has 0 saturated heterocycles. The second-order valence-corrected chi connectivity index (χ2v) is 9.25. The molecule has 0 spiro atoms. The van der Waals surface area contributed by atoms with Gasteiger partial charge in [-0.3, -0.25) is 19.5 Å². The summed E-state index contributed by atoms with van der Waals surface area (Å²) in [4.78, 5) is 48.2. The summed E-state index contributed by atoms with van der Waals surface area (Å²) in [6.45, 7) is 11.0. The zero-order valence-corrected chi connectivity index (χ0v) is 21.0. The van der Waals surface area contributed by atoms with E-state index < -0.39 is 17.7 Å². The van der Waals surface area contributed by atoms with Gasteiger partial charge in [-0.05, 0) is 58.7 Å². The standard InChI is InChI=1S/C25H34N6O4/c1-6-30(7-2)20-15-26-21-13-12-19(31(21)23(20)33)22(32)27-14-17-8-10-18(11-9-17)28-16-29-24(34)35-25(3,4)5/h8-11,15-16,19H,6-7,12-14H2,1-5H3,(H,27,32)(H,28,29,34)/t19-/m0/s1. The van der Waals surface area contributed by atoms with Crippen molar-refractivity contribution in [3.63, 3.8) is 0 Å². The lowest BCUT2D eigenvalue weighted by Crippen LogP contribution is -2.38. The van der Waals surface area contributed by atoms with Crippen LogP contribution in [-0.4, -0.2) is 46.6 Å². The number of fused-ring (bicyclic) bond motifs is 1. The Morgan fingerprint density at radius 1 is 1.23 bits per heavy atom. The van der Waals surface area contributed by atoms with Crippen LogP contribution in [0.5, 0.6) is 0 Å². The second-order valence-electron chi connectivity index (χ2n) is 9.25. The Balaban J connectivity index is 1.58. The number of aryl methyl sites for hydroxylation is 1. The number of rotatable bonds is 8. The van der Waals surface area contributed by atoms with E-state index in [9.17, 15) is 14.4 Å². The van der Waals surface area contributed by atoms with Crippen molar-refractivity contribution < 1.29 is 14.3 Å². The van der Waals surface area contributed by atoms with Crippen LogP contribution < -0.4 is 21.1 Å². The van der Waals surface area contributed by atoms with Crippen molar-refractivity contribution >= 4 is 29.7 Å². The summed E-state index contributed by atoms with van der Waals surface area (Å²) in [6, 6.07) is 6.68. The van der Waals surface area contributed by atoms with Crippen molar-refractivity contribution in [2.24, 2.45) is 4.99 Å². The van der Waals surface area contributed by atoms with E-state index in [0.717, 1.165) is 5.56 Å². The molecule has 0 bridgehead atoms. The molecule has 35 heavy (non-hydrogen) atoms. The van der Waals surface area contributed by atoms with E-state index >= 15 is 0 Å². The minimum atomic E-state index is -0.581. The first-order valence-corrected chi connectivity index (χ1v) is 11.9. The highest BCUT2D eigenvalue weighted by Crippen LogP contribution is 2.24. The molecule has 2 amide bonds. The number of aliphatic imine (C=N–C) groups is 1. The number of anilines is 1. The number of nitrogens with one attached hydrogen (secondary N) is 2. The third-order valence-corrected chi connectivity index (χ3v) is 5.61. The van der Waals surface area contributed by atoms with E-state index in [1.807, 2.05) is 30.9 Å². The summed E-state index contributed by atoms with van der Waals surface area (Å²) in [5.74, 6) is 0.446. The smallest absolute Gasteiger partial charge is 0.412 e. The quantitative estimate of drug-likeness (QED) is 0.441. The molecule has 2 N–H and O–H groups in total. The number of aromatic nitrogens is 2. The third kappa shape index (κ3) is 6.68. The molecule has 10 nitrogen and oxygen atoms in total. The molecular weight excluding hydrogens is 448 g/mol. The largest absolute Gasteiger partial charge is 0.444 e. The van der Waals surface area contributed by atoms with Crippen LogP contribution in [-0.2, 0) is 22.5 Å². The van der Waals surface area contributed by atoms with E-state index in [1.165, 1.54) is 6.34 Å². The van der Waals surface area contributed by atoms with Crippen LogP contribution in [0.2, 0.25) is 0 Å². The van der Waals surface area contributed by atoms with Crippen LogP contribution in [0.15, 0.2) is 40.2 Å². The lowest BCUT2D eigenvalue weighted by molar-refractivity contribution is -0.124. The van der Waals surface area contributed by atoms with Crippen molar-refractivity contribution in [2.45, 2.75) is 65.6 Å². The number of carbonyl (C=O) groups is 2. The maximum absolute atomic E-state index is 13.1. The Bertz CT molecular complexity index is 1130. The zero-order valence-electron chi connectivity index (χ0n) is 21.0. The summed E-state index contributed by atoms with van der Waals surface area (Å²) >= 11 is 0. The lowest BCUT2D eigenvalue weighted by atomic mass is 10.1. The van der Waals surface area contributed by atoms with Gasteiger partial charge in [-0.1, -0.05) is 12.1 Å². The van der Waals surface area contributed by atoms with Crippen LogP contribution in [0, 0.1) is 0 Å². The molecule has 1 aromatic heterocycles. The third-order valence-electron chi connectivity index (χ3n) is 5.61. The first-order chi connectivity index (χ1) is 16.6. The number of ether oxygens (including phenoxy) is 1. The molecule has 0 saturated carbocycles. The second kappa shape index (κ2) is 11.2. The lowest BCUT2D eigenvalue weighted by Gasteiger charge is -2.22. The van der Waals surface area contributed by atoms with Gasteiger partial charge in [0, 0.05) is 26.1 Å². The summed E-state index contributed by atoms with van der Waals surface area (Å²) in [5, 5.41) is 5.39. The van der Waals surface area contributed by atoms with Crippen molar-refractivity contribution in [3.05, 3.63) is 52.2 Å². The number of hydrogen-bond acceptors (Lipinski definition) is 7. The van der Waals surface area contributed by atoms with Crippen LogP contribution >= 0.6 is 0 Å². The summed E-state index contributed by atoms with van der Waals surface area (Å²) in [7, 11) is 0. The summed E-state index contributed by atoms with van der Waals surface area (Å²) < 4.78 is 6.68. The highest BCUT2D eigenvalue weighted by atomic mass is 16.6. The molecule has 0 radical (unpaired) electrons. The molecule has 1 aliphatic heterocycles. The molecule has 1 aromatic carbocycles. The zero-order chi connectivity index (χ0) is 25.6. The van der Waals surface area contributed by atoms with Crippen molar-refractivity contribution in [3.8, 4) is 0 Å². The van der Waals surface area contributed by atoms with Gasteiger partial charge < -0.3 is 15.0 Å². The molecule has 10 heteroatoms. The number of nitrogens with zero attached hydrogens (tertiary/aromatic N) is 4. The predicted octanol–water partition coefficient (Wildman–Crippen LogP) is 3.08. The summed E-state index contributed by atoms with van der Waals surface area (Å²) in [6.07, 6.45) is 3.46. The molecule has 3 rings (SSSR count). The van der Waals surface area contributed by atoms with Gasteiger partial charge in [0.15, 0.2) is 0 Å². The summed E-state index contributed by atoms with van der Waals surface area (Å²) in [5.41, 5.74) is 1.30. The minimum absolute atomic E-state index is 0.168. The molecule has 0 aliphatic carbocycles. The maximum atomic E-state index is 13.1. The van der Waals surface area contributed by atoms with Crippen molar-refractivity contribution in [1.82, 2.24) is 20.2 Å². The number of hydrogen-bond donors (Lipinski definition) is 2. The average molecular weight is 483 g/mol. The van der Waals surface area contributed by atoms with E-state index in [0.29, 0.717) is 49.7 Å². The van der Waals surface area contributed by atoms with Gasteiger partial charge in [0.2, 0.25) is 5.91 Å². The number of amides is 2. The van der Waals surface area contributed by atoms with Gasteiger partial charge in [0.25, 0.3) is 5.56 Å². The van der Waals surface area contributed by atoms with Gasteiger partial charge in [-0.25, -0.2) is 14.8 Å². The van der Waals surface area contributed by atoms with E-state index in [4.69, 9.17) is 4.74 Å². The van der Waals surface area contributed by atoms with Gasteiger partial charge in [-0.15, -0.1) is 0 Å². The Morgan fingerprint density at radius 3 is 2.54 bits per heavy atom. The van der Waals surface area contributed by atoms with E-state index in [2.05, 4.69) is 20.6 Å². The topological polar surface area (TPSA) is 118 Å². The molecule has 0 unspecified atom stereocenters. The SMILES string of the molecule is CCN(CC)c1cnc2n(c1=O)[C@H](C(=O)NCc1ccc(N=CNC(=O)OC(C)(C)C)cc1)CC2. The average Bonchev–Trinajstić information content (AvgIpc) is 3.24. The van der Waals surface area contributed by atoms with Gasteiger partial charge in [0.1, 0.15) is 23.2 Å². The van der Waals surface area contributed by atoms with E-state index in [1.54, 1.807) is 43.7 Å². The first-order valence-electron chi connectivity index (χ1n) is 11.9. The Labute approximate surface area is 205 Å². The Morgan fingerprint density at radius 2 is 1.91 bits per heavy atom. The normalized spacial score (nSPS) is 15.1. The van der Waals surface area contributed by atoms with Crippen LogP contribution in [0.4, 0.5) is 16.2 Å². The molecular formula is C25H34N6O4. The fraction of sp³-hybridized carbons (Fsp3) is 0.480. The molecule has 0 fully saturated rings. The predicted molar refractivity (Wildman–Crippen MR) is 135 cm³/mol. The highest BCUT2D eigenvalue weighted by molar-refractivity contribution is 5.83. The first kappa shape index (κ1) is 25.9. The minimum Gasteiger partial charge on any atom is -0.444 e. The Hall–Kier alpha value is -3.69. The van der Waals surface area contributed by atoms with Crippen molar-refractivity contribution in [1.29, 1.82) is 0 Å². The molecule has 1 atom stereocenters. The van der Waals surface area contributed by atoms with E-state index in [-0.39, 0.29) is 11.5 Å². The van der Waals surface area contributed by atoms with Crippen molar-refractivity contribution in [2.75, 3.05) is 18.0 Å². The molecule has 2 heterocycles. The van der Waals surface area contributed by atoms with Gasteiger partial charge in [-0.2, -0.15) is 0 Å².